The lowest BCUT2D eigenvalue weighted by molar-refractivity contribution is 0.0614. The average Bonchev–Trinajstić information content (AvgIpc) is 2.95. The predicted octanol–water partition coefficient (Wildman–Crippen LogP) is 1.45. The Balaban J connectivity index is 1.78. The highest BCUT2D eigenvalue weighted by Gasteiger charge is 2.30. The maximum atomic E-state index is 10.3. The summed E-state index contributed by atoms with van der Waals surface area (Å²) in [5, 5.41) is 17.6. The van der Waals surface area contributed by atoms with Crippen LogP contribution in [-0.2, 0) is 0 Å². The average molecular weight is 232 g/mol. The standard InChI is InChI=1S/C12H16N4O/c17-12(4-1-2-5-12)9-14-11-10-3-6-15-16(10)8-7-13-11/h3,6-8,17H,1-2,4-5,9H2,(H,13,14). The largest absolute Gasteiger partial charge is 0.388 e. The number of nitrogens with zero attached hydrogens (tertiary/aromatic N) is 3. The maximum absolute atomic E-state index is 10.3. The lowest BCUT2D eigenvalue weighted by Crippen LogP contribution is -2.33. The second-order valence-corrected chi connectivity index (χ2v) is 4.72. The summed E-state index contributed by atoms with van der Waals surface area (Å²) in [6, 6.07) is 1.91. The summed E-state index contributed by atoms with van der Waals surface area (Å²) in [5.41, 5.74) is 0.378. The third kappa shape index (κ3) is 1.98. The molecule has 2 aromatic heterocycles. The van der Waals surface area contributed by atoms with Crippen LogP contribution in [0, 0.1) is 0 Å². The van der Waals surface area contributed by atoms with E-state index in [0.29, 0.717) is 6.54 Å². The van der Waals surface area contributed by atoms with Gasteiger partial charge >= 0.3 is 0 Å². The zero-order chi connectivity index (χ0) is 11.7. The Morgan fingerprint density at radius 3 is 3.00 bits per heavy atom. The number of nitrogens with one attached hydrogen (secondary N) is 1. The molecule has 0 atom stereocenters. The Labute approximate surface area is 99.5 Å². The highest BCUT2D eigenvalue weighted by atomic mass is 16.3. The highest BCUT2D eigenvalue weighted by Crippen LogP contribution is 2.29. The Morgan fingerprint density at radius 1 is 1.35 bits per heavy atom. The van der Waals surface area contributed by atoms with Crippen molar-refractivity contribution < 1.29 is 5.11 Å². The molecule has 0 aromatic carbocycles. The van der Waals surface area contributed by atoms with Gasteiger partial charge in [0.2, 0.25) is 0 Å². The van der Waals surface area contributed by atoms with Gasteiger partial charge in [0.25, 0.3) is 0 Å². The Morgan fingerprint density at radius 2 is 2.18 bits per heavy atom. The number of rotatable bonds is 3. The van der Waals surface area contributed by atoms with Crippen molar-refractivity contribution in [1.29, 1.82) is 0 Å². The molecule has 0 unspecified atom stereocenters. The lowest BCUT2D eigenvalue weighted by atomic mass is 10.0. The van der Waals surface area contributed by atoms with Crippen molar-refractivity contribution in [3.63, 3.8) is 0 Å². The van der Waals surface area contributed by atoms with E-state index in [1.54, 1.807) is 16.9 Å². The van der Waals surface area contributed by atoms with Gasteiger partial charge in [-0.1, -0.05) is 12.8 Å². The molecule has 2 heterocycles. The van der Waals surface area contributed by atoms with Crippen LogP contribution in [0.15, 0.2) is 24.7 Å². The molecule has 0 radical (unpaired) electrons. The van der Waals surface area contributed by atoms with Gasteiger partial charge in [0.1, 0.15) is 5.52 Å². The minimum atomic E-state index is -0.561. The van der Waals surface area contributed by atoms with Crippen LogP contribution in [-0.4, -0.2) is 31.9 Å². The van der Waals surface area contributed by atoms with Gasteiger partial charge < -0.3 is 10.4 Å². The molecule has 3 rings (SSSR count). The zero-order valence-corrected chi connectivity index (χ0v) is 9.63. The maximum Gasteiger partial charge on any atom is 0.152 e. The number of aromatic nitrogens is 3. The van der Waals surface area contributed by atoms with Crippen LogP contribution in [0.4, 0.5) is 5.82 Å². The number of aliphatic hydroxyl groups is 1. The molecule has 0 saturated heterocycles. The van der Waals surface area contributed by atoms with Crippen molar-refractivity contribution in [1.82, 2.24) is 14.6 Å². The molecular formula is C12H16N4O. The van der Waals surface area contributed by atoms with Gasteiger partial charge in [-0.05, 0) is 18.9 Å². The SMILES string of the molecule is OC1(CNc2nccn3nccc23)CCCC1. The van der Waals surface area contributed by atoms with E-state index in [-0.39, 0.29) is 0 Å². The quantitative estimate of drug-likeness (QED) is 0.840. The van der Waals surface area contributed by atoms with Crippen molar-refractivity contribution in [2.45, 2.75) is 31.3 Å². The fourth-order valence-corrected chi connectivity index (χ4v) is 2.45. The first-order valence-electron chi connectivity index (χ1n) is 6.01. The van der Waals surface area contributed by atoms with E-state index in [4.69, 9.17) is 0 Å². The third-order valence-corrected chi connectivity index (χ3v) is 3.44. The predicted molar refractivity (Wildman–Crippen MR) is 64.9 cm³/mol. The van der Waals surface area contributed by atoms with E-state index in [0.717, 1.165) is 37.0 Å². The number of fused-ring (bicyclic) bond motifs is 1. The Hall–Kier alpha value is -1.62. The highest BCUT2D eigenvalue weighted by molar-refractivity contribution is 5.66. The van der Waals surface area contributed by atoms with E-state index in [1.807, 2.05) is 12.3 Å². The van der Waals surface area contributed by atoms with E-state index in [9.17, 15) is 5.11 Å². The first kappa shape index (κ1) is 10.5. The molecule has 1 fully saturated rings. The molecule has 1 saturated carbocycles. The minimum absolute atomic E-state index is 0.560. The molecule has 2 aromatic rings. The topological polar surface area (TPSA) is 62.5 Å². The van der Waals surface area contributed by atoms with Crippen molar-refractivity contribution in [2.24, 2.45) is 0 Å². The van der Waals surface area contributed by atoms with Crippen LogP contribution in [0.25, 0.3) is 5.52 Å². The van der Waals surface area contributed by atoms with Gasteiger partial charge in [0, 0.05) is 18.9 Å². The summed E-state index contributed by atoms with van der Waals surface area (Å²) >= 11 is 0. The fourth-order valence-electron chi connectivity index (χ4n) is 2.45. The number of hydrogen-bond donors (Lipinski definition) is 2. The Kier molecular flexibility index (Phi) is 2.48. The molecule has 1 aliphatic carbocycles. The molecule has 2 N–H and O–H groups in total. The van der Waals surface area contributed by atoms with Gasteiger partial charge in [0.05, 0.1) is 11.8 Å². The molecule has 17 heavy (non-hydrogen) atoms. The molecule has 5 nitrogen and oxygen atoms in total. The molecule has 1 aliphatic rings. The van der Waals surface area contributed by atoms with Gasteiger partial charge in [0.15, 0.2) is 5.82 Å². The fraction of sp³-hybridized carbons (Fsp3) is 0.500. The van der Waals surface area contributed by atoms with Crippen LogP contribution in [0.5, 0.6) is 0 Å². The lowest BCUT2D eigenvalue weighted by Gasteiger charge is -2.22. The second-order valence-electron chi connectivity index (χ2n) is 4.72. The van der Waals surface area contributed by atoms with Crippen LogP contribution < -0.4 is 5.32 Å². The minimum Gasteiger partial charge on any atom is -0.388 e. The summed E-state index contributed by atoms with van der Waals surface area (Å²) in [5.74, 6) is 0.783. The van der Waals surface area contributed by atoms with E-state index >= 15 is 0 Å². The van der Waals surface area contributed by atoms with Crippen molar-refractivity contribution in [3.05, 3.63) is 24.7 Å². The summed E-state index contributed by atoms with van der Waals surface area (Å²) < 4.78 is 1.77. The summed E-state index contributed by atoms with van der Waals surface area (Å²) in [4.78, 5) is 4.29. The van der Waals surface area contributed by atoms with Crippen LogP contribution in [0.2, 0.25) is 0 Å². The Bertz CT molecular complexity index is 516. The second kappa shape index (κ2) is 4.00. The van der Waals surface area contributed by atoms with Gasteiger partial charge in [-0.25, -0.2) is 9.50 Å². The zero-order valence-electron chi connectivity index (χ0n) is 9.63. The van der Waals surface area contributed by atoms with E-state index in [2.05, 4.69) is 15.4 Å². The molecule has 0 bridgehead atoms. The molecule has 90 valence electrons. The van der Waals surface area contributed by atoms with Gasteiger partial charge in [-0.15, -0.1) is 0 Å². The first-order chi connectivity index (χ1) is 8.27. The summed E-state index contributed by atoms with van der Waals surface area (Å²) in [6.45, 7) is 0.560. The third-order valence-electron chi connectivity index (χ3n) is 3.44. The molecule has 5 heteroatoms. The number of anilines is 1. The molecular weight excluding hydrogens is 216 g/mol. The van der Waals surface area contributed by atoms with E-state index < -0.39 is 5.60 Å². The molecule has 0 aliphatic heterocycles. The van der Waals surface area contributed by atoms with Crippen LogP contribution in [0.3, 0.4) is 0 Å². The molecule has 0 spiro atoms. The molecule has 0 amide bonds. The van der Waals surface area contributed by atoms with Gasteiger partial charge in [-0.2, -0.15) is 5.10 Å². The first-order valence-corrected chi connectivity index (χ1v) is 6.01. The van der Waals surface area contributed by atoms with Gasteiger partial charge in [-0.3, -0.25) is 0 Å². The monoisotopic (exact) mass is 232 g/mol. The summed E-state index contributed by atoms with van der Waals surface area (Å²) in [7, 11) is 0. The van der Waals surface area contributed by atoms with Crippen molar-refractivity contribution >= 4 is 11.3 Å². The summed E-state index contributed by atoms with van der Waals surface area (Å²) in [6.07, 6.45) is 9.24. The van der Waals surface area contributed by atoms with E-state index in [1.165, 1.54) is 0 Å². The van der Waals surface area contributed by atoms with Crippen LogP contribution >= 0.6 is 0 Å². The van der Waals surface area contributed by atoms with Crippen LogP contribution in [0.1, 0.15) is 25.7 Å². The number of hydrogen-bond acceptors (Lipinski definition) is 4. The van der Waals surface area contributed by atoms with Crippen molar-refractivity contribution in [3.8, 4) is 0 Å². The smallest absolute Gasteiger partial charge is 0.152 e. The normalized spacial score (nSPS) is 18.6. The van der Waals surface area contributed by atoms with Crippen molar-refractivity contribution in [2.75, 3.05) is 11.9 Å².